The molecule has 0 fully saturated rings. The monoisotopic (exact) mass is 1450 g/mol. The number of benzene rings is 6. The first kappa shape index (κ1) is 88.6. The van der Waals surface area contributed by atoms with Crippen LogP contribution in [0.25, 0.3) is 33.4 Å². The van der Waals surface area contributed by atoms with Crippen molar-refractivity contribution < 1.29 is 42.8 Å². The molecule has 0 spiro atoms. The first-order valence-electron chi connectivity index (χ1n) is 40.2. The van der Waals surface area contributed by atoms with Gasteiger partial charge in [-0.15, -0.1) is 35.3 Å². The van der Waals surface area contributed by atoms with E-state index in [1.807, 2.05) is 108 Å². The first-order valence-corrected chi connectivity index (χ1v) is 43.2. The Kier molecular flexibility index (Phi) is 53.4. The fourth-order valence-electron chi connectivity index (χ4n) is 11.6. The molecule has 0 unspecified atom stereocenters. The van der Waals surface area contributed by atoms with Crippen molar-refractivity contribution in [1.82, 2.24) is 0 Å². The normalized spacial score (nSPS) is 10.9. The summed E-state index contributed by atoms with van der Waals surface area (Å²) in [6, 6.07) is 49.0. The molecule has 6 aromatic rings. The number of carbonyl (C=O) groups excluding carboxylic acids is 3. The molecule has 564 valence electrons. The third-order valence-electron chi connectivity index (χ3n) is 17.9. The van der Waals surface area contributed by atoms with E-state index in [1.165, 1.54) is 249 Å². The van der Waals surface area contributed by atoms with Gasteiger partial charge >= 0.3 is 18.5 Å². The predicted molar refractivity (Wildman–Crippen MR) is 438 cm³/mol. The molecule has 0 amide bonds. The Morgan fingerprint density at radius 3 is 0.578 bits per heavy atom. The maximum atomic E-state index is 11.9. The summed E-state index contributed by atoms with van der Waals surface area (Å²) in [6.45, 7) is 14.7. The van der Waals surface area contributed by atoms with Gasteiger partial charge in [0.05, 0.1) is 19.8 Å². The lowest BCUT2D eigenvalue weighted by Crippen LogP contribution is -2.11. The van der Waals surface area contributed by atoms with Crippen LogP contribution in [0.5, 0.6) is 17.2 Å². The summed E-state index contributed by atoms with van der Waals surface area (Å²) in [5.41, 5.74) is 6.82. The van der Waals surface area contributed by atoms with Crippen molar-refractivity contribution in [2.45, 2.75) is 307 Å². The molecule has 0 saturated carbocycles. The maximum absolute atomic E-state index is 11.9. The summed E-state index contributed by atoms with van der Waals surface area (Å²) in [4.78, 5) is 39.6. The Morgan fingerprint density at radius 1 is 0.216 bits per heavy atom. The lowest BCUT2D eigenvalue weighted by atomic mass is 10.1. The number of carbonyl (C=O) groups is 3. The van der Waals surface area contributed by atoms with E-state index in [1.54, 1.807) is 0 Å². The van der Waals surface area contributed by atoms with Crippen molar-refractivity contribution in [3.63, 3.8) is 0 Å². The molecule has 0 aromatic heterocycles. The molecule has 6 rings (SSSR count). The van der Waals surface area contributed by atoms with E-state index < -0.39 is 18.5 Å². The number of ether oxygens (including phenoxy) is 6. The Bertz CT molecular complexity index is 2950. The van der Waals surface area contributed by atoms with Gasteiger partial charge in [0.25, 0.3) is 0 Å². The quantitative estimate of drug-likeness (QED) is 0.0119. The molecule has 0 saturated heterocycles. The maximum Gasteiger partial charge on any atom is 0.513 e. The smallest absolute Gasteiger partial charge is 0.434 e. The number of rotatable bonds is 54. The number of hydrogen-bond donors (Lipinski definition) is 0. The Labute approximate surface area is 632 Å². The van der Waals surface area contributed by atoms with Crippen molar-refractivity contribution in [2.24, 2.45) is 0 Å². The lowest BCUT2D eigenvalue weighted by molar-refractivity contribution is 0.0962. The minimum absolute atomic E-state index is 0.423. The summed E-state index contributed by atoms with van der Waals surface area (Å²) in [7, 11) is 0. The van der Waals surface area contributed by atoms with Crippen LogP contribution in [0.4, 0.5) is 14.4 Å². The van der Waals surface area contributed by atoms with Gasteiger partial charge in [0.15, 0.2) is 0 Å². The van der Waals surface area contributed by atoms with Crippen LogP contribution in [-0.2, 0) is 14.2 Å². The van der Waals surface area contributed by atoms with Gasteiger partial charge in [-0.25, -0.2) is 14.4 Å². The molecule has 0 radical (unpaired) electrons. The van der Waals surface area contributed by atoms with Crippen LogP contribution in [0, 0.1) is 0 Å². The van der Waals surface area contributed by atoms with Crippen LogP contribution in [0.15, 0.2) is 160 Å². The molecule has 102 heavy (non-hydrogen) atoms. The minimum atomic E-state index is -0.622. The number of hydrogen-bond acceptors (Lipinski definition) is 12. The van der Waals surface area contributed by atoms with E-state index in [0.29, 0.717) is 37.1 Å². The van der Waals surface area contributed by atoms with E-state index >= 15 is 0 Å². The van der Waals surface area contributed by atoms with E-state index in [2.05, 4.69) is 114 Å². The van der Waals surface area contributed by atoms with E-state index in [0.717, 1.165) is 66.3 Å². The predicted octanol–water partition coefficient (Wildman–Crippen LogP) is 30.2. The third-order valence-corrected chi connectivity index (χ3v) is 21.2. The van der Waals surface area contributed by atoms with Gasteiger partial charge in [0.1, 0.15) is 17.2 Å². The molecular weight excluding hydrogens is 1320 g/mol. The van der Waals surface area contributed by atoms with E-state index in [9.17, 15) is 14.4 Å². The van der Waals surface area contributed by atoms with Crippen molar-refractivity contribution in [3.8, 4) is 50.6 Å². The van der Waals surface area contributed by atoms with Gasteiger partial charge < -0.3 is 28.4 Å². The van der Waals surface area contributed by atoms with Gasteiger partial charge in [-0.2, -0.15) is 0 Å². The minimum Gasteiger partial charge on any atom is -0.434 e. The third kappa shape index (κ3) is 44.7. The highest BCUT2D eigenvalue weighted by Gasteiger charge is 2.11. The summed E-state index contributed by atoms with van der Waals surface area (Å²) in [5.74, 6) is 5.10. The summed E-state index contributed by atoms with van der Waals surface area (Å²) < 4.78 is 31.4. The Morgan fingerprint density at radius 2 is 0.382 bits per heavy atom. The zero-order valence-corrected chi connectivity index (χ0v) is 66.5. The van der Waals surface area contributed by atoms with Crippen LogP contribution in [0.2, 0.25) is 0 Å². The van der Waals surface area contributed by atoms with Gasteiger partial charge in [-0.05, 0) is 162 Å². The van der Waals surface area contributed by atoms with Crippen LogP contribution in [0.1, 0.15) is 292 Å². The van der Waals surface area contributed by atoms with Gasteiger partial charge in [0.2, 0.25) is 0 Å². The highest BCUT2D eigenvalue weighted by molar-refractivity contribution is 7.99. The highest BCUT2D eigenvalue weighted by Crippen LogP contribution is 2.31. The zero-order chi connectivity index (χ0) is 72.8. The van der Waals surface area contributed by atoms with Crippen molar-refractivity contribution >= 4 is 53.8 Å². The SMILES string of the molecule is CCCCCCCCCCSc1ccc(-c2ccc(OC(=O)OCCCCCCCC)cc2)cc1.CCCCCCCCCSc1ccc(-c2ccc(OC(=O)OCCCCCCCC)cc2)cc1.CCCCCCCCOC(=O)Oc1ccc(-c2ccc(SCCCCCCCC)cc2)cc1. The largest absolute Gasteiger partial charge is 0.513 e. The van der Waals surface area contributed by atoms with Gasteiger partial charge in [0, 0.05) is 14.7 Å². The summed E-state index contributed by atoms with van der Waals surface area (Å²) in [6.07, 6.45) is 47.5. The Hall–Kier alpha value is -5.82. The van der Waals surface area contributed by atoms with E-state index in [-0.39, 0.29) is 0 Å². The molecule has 0 aliphatic rings. The molecule has 0 heterocycles. The number of unbranched alkanes of at least 4 members (excludes halogenated alkanes) is 33. The molecule has 9 nitrogen and oxygen atoms in total. The second-order valence-electron chi connectivity index (χ2n) is 27.0. The standard InChI is InChI=1S/C31H46O3S.C30H44O3S.C29H42O3S/c1-3-5-7-9-11-12-14-16-26-35-30-23-19-28(20-24-30)27-17-21-29(22-18-27)34-31(32)33-25-15-13-10-8-6-4-2;1-3-5-7-9-11-13-15-25-34-29-22-18-27(19-23-29)26-16-20-28(21-17-26)33-30(31)32-24-14-12-10-8-6-4-2;1-3-5-7-9-11-13-23-31-29(30)32-27-19-15-25(16-20-27)26-17-21-28(22-18-26)33-24-14-12-10-8-6-4-2/h17-24H,3-16,25-26H2,1-2H3;16-23H,3-15,24-25H2,1-2H3;15-22H,3-14,23-24H2,1-2H3. The topological polar surface area (TPSA) is 107 Å². The lowest BCUT2D eigenvalue weighted by Gasteiger charge is -2.08. The zero-order valence-electron chi connectivity index (χ0n) is 64.1. The first-order chi connectivity index (χ1) is 50.2. The molecule has 0 bridgehead atoms. The molecule has 6 aromatic carbocycles. The van der Waals surface area contributed by atoms with Crippen molar-refractivity contribution in [1.29, 1.82) is 0 Å². The molecule has 0 aliphatic heterocycles. The molecule has 0 N–H and O–H groups in total. The second kappa shape index (κ2) is 61.5. The van der Waals surface area contributed by atoms with Crippen LogP contribution >= 0.6 is 35.3 Å². The average molecular weight is 1450 g/mol. The average Bonchev–Trinajstić information content (AvgIpc) is 0.875. The fraction of sp³-hybridized carbons (Fsp3) is 0.567. The van der Waals surface area contributed by atoms with Crippen molar-refractivity contribution in [2.75, 3.05) is 37.1 Å². The van der Waals surface area contributed by atoms with Crippen LogP contribution < -0.4 is 14.2 Å². The molecule has 0 aliphatic carbocycles. The molecule has 0 atom stereocenters. The summed E-state index contributed by atoms with van der Waals surface area (Å²) in [5, 5.41) is 0. The Balaban J connectivity index is 0.000000324. The summed E-state index contributed by atoms with van der Waals surface area (Å²) >= 11 is 5.83. The second-order valence-corrected chi connectivity index (χ2v) is 30.5. The molecular formula is C90H132O9S3. The molecule has 12 heteroatoms. The van der Waals surface area contributed by atoms with Crippen molar-refractivity contribution in [3.05, 3.63) is 146 Å². The van der Waals surface area contributed by atoms with E-state index in [4.69, 9.17) is 28.4 Å². The van der Waals surface area contributed by atoms with Crippen LogP contribution in [0.3, 0.4) is 0 Å². The number of thioether (sulfide) groups is 3. The van der Waals surface area contributed by atoms with Gasteiger partial charge in [-0.1, -0.05) is 326 Å². The van der Waals surface area contributed by atoms with Crippen LogP contribution in [-0.4, -0.2) is 55.5 Å². The highest BCUT2D eigenvalue weighted by atomic mass is 32.2. The fourth-order valence-corrected chi connectivity index (χ4v) is 14.4. The van der Waals surface area contributed by atoms with Gasteiger partial charge in [-0.3, -0.25) is 0 Å².